The Morgan fingerprint density at radius 1 is 1.55 bits per heavy atom. The summed E-state index contributed by atoms with van der Waals surface area (Å²) in [6, 6.07) is 2.45. The maximum absolute atomic E-state index is 11.8. The van der Waals surface area contributed by atoms with Gasteiger partial charge in [0.15, 0.2) is 5.54 Å². The zero-order valence-electron chi connectivity index (χ0n) is 10.6. The van der Waals surface area contributed by atoms with Crippen molar-refractivity contribution in [3.05, 3.63) is 40.7 Å². The Labute approximate surface area is 118 Å². The van der Waals surface area contributed by atoms with Crippen molar-refractivity contribution in [2.45, 2.75) is 19.0 Å². The fraction of sp³-hybridized carbons (Fsp3) is 0.250. The van der Waals surface area contributed by atoms with Gasteiger partial charge in [0.05, 0.1) is 12.8 Å². The highest BCUT2D eigenvalue weighted by atomic mass is 32.1. The molecule has 0 bridgehead atoms. The topological polar surface area (TPSA) is 104 Å². The van der Waals surface area contributed by atoms with Crippen LogP contribution in [0.5, 0.6) is 0 Å². The maximum atomic E-state index is 11.8. The number of nitrogens with zero attached hydrogens (tertiary/aromatic N) is 1. The lowest BCUT2D eigenvalue weighted by Gasteiger charge is -2.23. The molecule has 0 fully saturated rings. The molecule has 2 aromatic rings. The number of carboxylic acids is 1. The number of rotatable bonds is 5. The van der Waals surface area contributed by atoms with Crippen molar-refractivity contribution in [1.82, 2.24) is 15.6 Å². The minimum Gasteiger partial charge on any atom is -0.479 e. The van der Waals surface area contributed by atoms with Crippen LogP contribution in [0.3, 0.4) is 0 Å². The summed E-state index contributed by atoms with van der Waals surface area (Å²) in [6.07, 6.45) is 2.98. The van der Waals surface area contributed by atoms with E-state index in [1.807, 2.05) is 0 Å². The van der Waals surface area contributed by atoms with Gasteiger partial charge in [0.25, 0.3) is 0 Å². The highest BCUT2D eigenvalue weighted by molar-refractivity contribution is 7.09. The minimum atomic E-state index is -1.63. The van der Waals surface area contributed by atoms with Gasteiger partial charge >= 0.3 is 12.0 Å². The number of carbonyl (C=O) groups excluding carboxylic acids is 1. The molecule has 0 aliphatic heterocycles. The van der Waals surface area contributed by atoms with E-state index < -0.39 is 17.5 Å². The van der Waals surface area contributed by atoms with Crippen molar-refractivity contribution in [2.24, 2.45) is 0 Å². The van der Waals surface area contributed by atoms with Gasteiger partial charge in [-0.25, -0.2) is 14.6 Å². The standard InChI is InChI=1S/C12H13N3O4S/c1-12(10(16)17,8-3-2-5-19-8)15-11(18)14-7-9-13-4-6-20-9/h2-6H,7H2,1H3,(H,16,17)(H2,14,15,18). The second kappa shape index (κ2) is 5.74. The molecule has 0 saturated carbocycles. The normalized spacial score (nSPS) is 13.4. The first kappa shape index (κ1) is 14.1. The number of amides is 2. The fourth-order valence-corrected chi connectivity index (χ4v) is 2.11. The highest BCUT2D eigenvalue weighted by Crippen LogP contribution is 2.21. The summed E-state index contributed by atoms with van der Waals surface area (Å²) in [7, 11) is 0. The second-order valence-corrected chi connectivity index (χ2v) is 5.12. The zero-order valence-corrected chi connectivity index (χ0v) is 11.4. The van der Waals surface area contributed by atoms with Gasteiger partial charge in [0, 0.05) is 11.6 Å². The number of urea groups is 1. The van der Waals surface area contributed by atoms with E-state index in [0.717, 1.165) is 5.01 Å². The molecule has 8 heteroatoms. The number of furan rings is 1. The first-order chi connectivity index (χ1) is 9.52. The quantitative estimate of drug-likeness (QED) is 0.776. The molecule has 7 nitrogen and oxygen atoms in total. The van der Waals surface area contributed by atoms with Gasteiger partial charge in [-0.05, 0) is 19.1 Å². The van der Waals surface area contributed by atoms with Gasteiger partial charge in [-0.1, -0.05) is 0 Å². The van der Waals surface area contributed by atoms with Gasteiger partial charge in [-0.3, -0.25) is 0 Å². The first-order valence-corrected chi connectivity index (χ1v) is 6.62. The van der Waals surface area contributed by atoms with Crippen molar-refractivity contribution in [3.63, 3.8) is 0 Å². The summed E-state index contributed by atoms with van der Waals surface area (Å²) in [6.45, 7) is 1.59. The molecule has 0 radical (unpaired) electrons. The Kier molecular flexibility index (Phi) is 4.04. The molecule has 2 heterocycles. The number of aliphatic carboxylic acids is 1. The van der Waals surface area contributed by atoms with Crippen LogP contribution in [0.4, 0.5) is 4.79 Å². The lowest BCUT2D eigenvalue weighted by Crippen LogP contribution is -2.52. The molecule has 0 spiro atoms. The zero-order chi connectivity index (χ0) is 14.6. The Bertz CT molecular complexity index is 582. The minimum absolute atomic E-state index is 0.148. The van der Waals surface area contributed by atoms with Crippen molar-refractivity contribution in [2.75, 3.05) is 0 Å². The van der Waals surface area contributed by atoms with Crippen LogP contribution < -0.4 is 10.6 Å². The van der Waals surface area contributed by atoms with Crippen LogP contribution in [0.15, 0.2) is 34.4 Å². The van der Waals surface area contributed by atoms with E-state index in [9.17, 15) is 14.7 Å². The molecule has 0 aromatic carbocycles. The molecule has 0 aliphatic rings. The Morgan fingerprint density at radius 3 is 2.90 bits per heavy atom. The lowest BCUT2D eigenvalue weighted by molar-refractivity contribution is -0.144. The van der Waals surface area contributed by atoms with E-state index in [4.69, 9.17) is 4.42 Å². The third-order valence-electron chi connectivity index (χ3n) is 2.69. The van der Waals surface area contributed by atoms with Crippen LogP contribution >= 0.6 is 11.3 Å². The summed E-state index contributed by atoms with van der Waals surface area (Å²) >= 11 is 1.40. The average Bonchev–Trinajstić information content (AvgIpc) is 3.09. The highest BCUT2D eigenvalue weighted by Gasteiger charge is 2.39. The predicted octanol–water partition coefficient (Wildman–Crippen LogP) is 1.54. The smallest absolute Gasteiger partial charge is 0.337 e. The Balaban J connectivity index is 2.01. The van der Waals surface area contributed by atoms with E-state index in [0.29, 0.717) is 0 Å². The van der Waals surface area contributed by atoms with Crippen LogP contribution in [-0.4, -0.2) is 22.1 Å². The summed E-state index contributed by atoms with van der Waals surface area (Å²) in [5.74, 6) is -1.06. The molecule has 20 heavy (non-hydrogen) atoms. The number of hydrogen-bond donors (Lipinski definition) is 3. The Morgan fingerprint density at radius 2 is 2.35 bits per heavy atom. The van der Waals surface area contributed by atoms with Gasteiger partial charge in [-0.15, -0.1) is 11.3 Å². The third-order valence-corrected chi connectivity index (χ3v) is 3.47. The number of aromatic nitrogens is 1. The van der Waals surface area contributed by atoms with Crippen LogP contribution in [0, 0.1) is 0 Å². The predicted molar refractivity (Wildman–Crippen MR) is 71.2 cm³/mol. The number of carbonyl (C=O) groups is 2. The van der Waals surface area contributed by atoms with Gasteiger partial charge < -0.3 is 20.2 Å². The molecule has 1 atom stereocenters. The first-order valence-electron chi connectivity index (χ1n) is 5.74. The second-order valence-electron chi connectivity index (χ2n) is 4.14. The van der Waals surface area contributed by atoms with Gasteiger partial charge in [0.2, 0.25) is 0 Å². The molecule has 0 aliphatic carbocycles. The molecule has 2 rings (SSSR count). The molecule has 2 amide bonds. The maximum Gasteiger partial charge on any atom is 0.337 e. The van der Waals surface area contributed by atoms with Gasteiger partial charge in [-0.2, -0.15) is 0 Å². The van der Waals surface area contributed by atoms with E-state index >= 15 is 0 Å². The van der Waals surface area contributed by atoms with Crippen molar-refractivity contribution in [3.8, 4) is 0 Å². The number of hydrogen-bond acceptors (Lipinski definition) is 5. The monoisotopic (exact) mass is 295 g/mol. The lowest BCUT2D eigenvalue weighted by atomic mass is 9.99. The number of nitrogens with one attached hydrogen (secondary N) is 2. The summed E-state index contributed by atoms with van der Waals surface area (Å²) < 4.78 is 5.08. The molecule has 0 saturated heterocycles. The van der Waals surface area contributed by atoms with E-state index in [1.165, 1.54) is 30.6 Å². The number of carboxylic acid groups (broad SMARTS) is 1. The molecular formula is C12H13N3O4S. The van der Waals surface area contributed by atoms with E-state index in [1.54, 1.807) is 17.6 Å². The van der Waals surface area contributed by atoms with Crippen LogP contribution in [0.2, 0.25) is 0 Å². The average molecular weight is 295 g/mol. The summed E-state index contributed by atoms with van der Waals surface area (Å²) in [4.78, 5) is 27.2. The van der Waals surface area contributed by atoms with Crippen molar-refractivity contribution < 1.29 is 19.1 Å². The fourth-order valence-electron chi connectivity index (χ4n) is 1.55. The molecule has 1 unspecified atom stereocenters. The van der Waals surface area contributed by atoms with Gasteiger partial charge in [0.1, 0.15) is 10.8 Å². The third kappa shape index (κ3) is 2.97. The summed E-state index contributed by atoms with van der Waals surface area (Å²) in [5.41, 5.74) is -1.63. The van der Waals surface area contributed by atoms with E-state index in [-0.39, 0.29) is 12.3 Å². The largest absolute Gasteiger partial charge is 0.479 e. The SMILES string of the molecule is CC(NC(=O)NCc1nccs1)(C(=O)O)c1ccco1. The Hall–Kier alpha value is -2.35. The van der Waals surface area contributed by atoms with Crippen LogP contribution in [0.25, 0.3) is 0 Å². The molecule has 106 valence electrons. The van der Waals surface area contributed by atoms with Crippen LogP contribution in [0.1, 0.15) is 17.7 Å². The molecular weight excluding hydrogens is 282 g/mol. The molecule has 3 N–H and O–H groups in total. The number of thiazole rings is 1. The van der Waals surface area contributed by atoms with Crippen molar-refractivity contribution in [1.29, 1.82) is 0 Å². The van der Waals surface area contributed by atoms with Crippen molar-refractivity contribution >= 4 is 23.3 Å². The van der Waals surface area contributed by atoms with E-state index in [2.05, 4.69) is 15.6 Å². The van der Waals surface area contributed by atoms with Crippen LogP contribution in [-0.2, 0) is 16.9 Å². The summed E-state index contributed by atoms with van der Waals surface area (Å²) in [5, 5.41) is 16.8. The molecule has 2 aromatic heterocycles.